The van der Waals surface area contributed by atoms with E-state index in [-0.39, 0.29) is 152 Å². The predicted octanol–water partition coefficient (Wildman–Crippen LogP) is 8.63. The molecular weight excluding hydrogens is 1430 g/mol. The zero-order valence-corrected chi connectivity index (χ0v) is 65.7. The molecule has 612 valence electrons. The molecule has 0 radical (unpaired) electrons. The van der Waals surface area contributed by atoms with Crippen molar-refractivity contribution in [1.29, 1.82) is 0 Å². The lowest BCUT2D eigenvalue weighted by molar-refractivity contribution is -0.267. The highest BCUT2D eigenvalue weighted by Crippen LogP contribution is 2.39. The Morgan fingerprint density at radius 2 is 0.982 bits per heavy atom. The topological polar surface area (TPSA) is 403 Å². The van der Waals surface area contributed by atoms with E-state index in [1.807, 2.05) is 47.6 Å². The van der Waals surface area contributed by atoms with Crippen molar-refractivity contribution in [3.8, 4) is 0 Å². The van der Waals surface area contributed by atoms with E-state index in [1.54, 1.807) is 42.7 Å². The van der Waals surface area contributed by atoms with Crippen LogP contribution < -0.4 is 16.2 Å². The quantitative estimate of drug-likeness (QED) is 0.0138. The van der Waals surface area contributed by atoms with E-state index in [0.717, 1.165) is 38.5 Å². The van der Waals surface area contributed by atoms with Gasteiger partial charge >= 0.3 is 11.9 Å². The molecule has 8 heterocycles. The minimum Gasteiger partial charge on any atom is -0.459 e. The Labute approximate surface area is 642 Å². The van der Waals surface area contributed by atoms with Gasteiger partial charge in [0.15, 0.2) is 53.2 Å². The average molecular weight is 1550 g/mol. The Morgan fingerprint density at radius 1 is 0.518 bits per heavy atom. The third-order valence-electron chi connectivity index (χ3n) is 20.3. The van der Waals surface area contributed by atoms with Gasteiger partial charge < -0.3 is 81.8 Å². The van der Waals surface area contributed by atoms with Crippen molar-refractivity contribution in [1.82, 2.24) is 39.0 Å². The van der Waals surface area contributed by atoms with E-state index >= 15 is 0 Å². The average Bonchev–Trinajstić information content (AvgIpc) is 1.62. The van der Waals surface area contributed by atoms with E-state index in [4.69, 9.17) is 66.3 Å². The Balaban J connectivity index is 0.000000277. The second-order valence-electron chi connectivity index (χ2n) is 28.6. The van der Waals surface area contributed by atoms with Crippen LogP contribution in [0.2, 0.25) is 0 Å². The molecule has 12 unspecified atom stereocenters. The number of Topliss-reactive ketones (excluding diaryl/α,β-unsaturated/α-hetero) is 2. The molecule has 0 saturated carbocycles. The van der Waals surface area contributed by atoms with Gasteiger partial charge in [0.25, 0.3) is 11.5 Å². The van der Waals surface area contributed by atoms with Gasteiger partial charge in [0.05, 0.1) is 63.5 Å². The number of aliphatic hydroxyl groups excluding tert-OH is 2. The maximum Gasteiger partial charge on any atom is 0.303 e. The first-order valence-electron chi connectivity index (χ1n) is 38.9. The Morgan fingerprint density at radius 3 is 1.45 bits per heavy atom. The van der Waals surface area contributed by atoms with Crippen molar-refractivity contribution in [2.75, 3.05) is 77.1 Å². The lowest BCUT2D eigenvalue weighted by atomic mass is 9.84. The fourth-order valence-corrected chi connectivity index (χ4v) is 13.6. The summed E-state index contributed by atoms with van der Waals surface area (Å²) in [6.45, 7) is 25.0. The number of aliphatic hydroxyl groups is 2. The molecule has 9 rings (SSSR count). The molecule has 0 aliphatic carbocycles. The standard InChI is InChI=1S/C40H57N5O11.C37H59N5O12/c1-6-30-33(48)35(39(55-30)45-23-43-32-36(41-22-42-37(32)45)44-38(49)28-14-9-8-10-15-28)53-24-51-21-20-50-18-13-17-29(47)16-11-12-19-52-40-26(4)25(3)34(54-27(5)46)31(7-2)56-40;1-8-26-29(45)31(35(53-26)42-19-38-28-32(42)39-37(41-34(28)47)40-33(46)21(3)4)51-20-49-18-17-48-15-12-14-25(44)13-10-11-16-50-36-23(6)22(5)30(52-24(7)43)27(9-2)54-36/h8-10,14-15,22-23,25-26,30-31,33-35,39-40,48H,6-7,11-13,16-21,24H2,1-5H3,(H,41,42,44,49);19,21-23,26-27,29-31,35-36,45H,8-18,20H2,1-7H3,(H2,39,40,41,46,47)/t25?,26?,30-,31?,33?,34?,35+,39-,40?;22?,23?,26-,27?,29?,30?,31+,35-,36?/m11/s1. The molecule has 4 fully saturated rings. The van der Waals surface area contributed by atoms with Gasteiger partial charge in [0.1, 0.15) is 68.1 Å². The number of unbranched alkanes of at least 4 members (excludes halogenated alkanes) is 2. The van der Waals surface area contributed by atoms with Crippen LogP contribution in [-0.4, -0.2) is 225 Å². The van der Waals surface area contributed by atoms with Crippen LogP contribution in [0.25, 0.3) is 22.3 Å². The summed E-state index contributed by atoms with van der Waals surface area (Å²) in [7, 11) is 0. The number of carbonyl (C=O) groups excluding carboxylic acids is 6. The highest BCUT2D eigenvalue weighted by atomic mass is 16.7. The van der Waals surface area contributed by atoms with Gasteiger partial charge in [-0.05, 0) is 76.3 Å². The lowest BCUT2D eigenvalue weighted by Gasteiger charge is -2.43. The largest absolute Gasteiger partial charge is 0.459 e. The van der Waals surface area contributed by atoms with E-state index in [1.165, 1.54) is 37.4 Å². The van der Waals surface area contributed by atoms with Gasteiger partial charge in [-0.3, -0.25) is 53.0 Å². The van der Waals surface area contributed by atoms with Gasteiger partial charge in [0.2, 0.25) is 11.9 Å². The monoisotopic (exact) mass is 1550 g/mol. The number of esters is 2. The summed E-state index contributed by atoms with van der Waals surface area (Å²) >= 11 is 0. The number of carbonyl (C=O) groups is 6. The molecule has 18 atom stereocenters. The fourth-order valence-electron chi connectivity index (χ4n) is 13.6. The van der Waals surface area contributed by atoms with Gasteiger partial charge in [0, 0.05) is 101 Å². The molecule has 4 aliphatic rings. The highest BCUT2D eigenvalue weighted by molar-refractivity contribution is 6.06. The van der Waals surface area contributed by atoms with Crippen LogP contribution in [0.5, 0.6) is 0 Å². The summed E-state index contributed by atoms with van der Waals surface area (Å²) in [5.74, 6) is -0.644. The second kappa shape index (κ2) is 44.9. The summed E-state index contributed by atoms with van der Waals surface area (Å²) in [5.41, 5.74) is 0.933. The molecule has 33 heteroatoms. The summed E-state index contributed by atoms with van der Waals surface area (Å²) in [5, 5.41) is 27.4. The number of imidazole rings is 2. The van der Waals surface area contributed by atoms with Gasteiger partial charge in [-0.25, -0.2) is 19.9 Å². The van der Waals surface area contributed by atoms with Crippen LogP contribution in [0.15, 0.2) is 54.1 Å². The smallest absolute Gasteiger partial charge is 0.303 e. The van der Waals surface area contributed by atoms with Crippen molar-refractivity contribution in [3.63, 3.8) is 0 Å². The number of H-pyrrole nitrogens is 1. The fraction of sp³-hybridized carbons (Fsp3) is 0.714. The Bertz CT molecular complexity index is 3730. The summed E-state index contributed by atoms with van der Waals surface area (Å²) < 4.78 is 85.2. The lowest BCUT2D eigenvalue weighted by Crippen LogP contribution is -2.51. The highest BCUT2D eigenvalue weighted by Gasteiger charge is 2.48. The van der Waals surface area contributed by atoms with Crippen LogP contribution in [0.4, 0.5) is 11.8 Å². The van der Waals surface area contributed by atoms with Crippen molar-refractivity contribution in [2.45, 2.75) is 259 Å². The second-order valence-corrected chi connectivity index (χ2v) is 28.6. The van der Waals surface area contributed by atoms with E-state index in [9.17, 15) is 43.8 Å². The Hall–Kier alpha value is -7.22. The predicted molar refractivity (Wildman–Crippen MR) is 399 cm³/mol. The molecule has 33 nitrogen and oxygen atoms in total. The van der Waals surface area contributed by atoms with E-state index in [2.05, 4.69) is 54.4 Å². The molecule has 0 bridgehead atoms. The van der Waals surface area contributed by atoms with Crippen molar-refractivity contribution in [2.24, 2.45) is 29.6 Å². The number of hydrogen-bond donors (Lipinski definition) is 5. The number of nitrogens with zero attached hydrogens (tertiary/aromatic N) is 7. The van der Waals surface area contributed by atoms with Crippen LogP contribution in [0.3, 0.4) is 0 Å². The first kappa shape index (κ1) is 88.3. The maximum atomic E-state index is 12.8. The minimum absolute atomic E-state index is 0.0242. The zero-order valence-electron chi connectivity index (χ0n) is 65.7. The molecule has 110 heavy (non-hydrogen) atoms. The molecule has 2 amide bonds. The molecule has 4 aromatic heterocycles. The summed E-state index contributed by atoms with van der Waals surface area (Å²) in [6.07, 6.45) is 4.83. The zero-order chi connectivity index (χ0) is 79.4. The van der Waals surface area contributed by atoms with Gasteiger partial charge in [-0.15, -0.1) is 0 Å². The molecular formula is C77H116N10O23. The Kier molecular flexibility index (Phi) is 36.0. The number of benzene rings is 1. The minimum atomic E-state index is -0.987. The first-order chi connectivity index (χ1) is 53.0. The number of rotatable bonds is 44. The summed E-state index contributed by atoms with van der Waals surface area (Å²) in [4.78, 5) is 110. The normalized spacial score (nSPS) is 26.7. The maximum absolute atomic E-state index is 12.8. The van der Waals surface area contributed by atoms with Crippen molar-refractivity contribution >= 4 is 69.4 Å². The van der Waals surface area contributed by atoms with Crippen LogP contribution in [-0.2, 0) is 90.3 Å². The SMILES string of the molecule is CCC1OC(OCCCCC(=O)CCCOCCOCO[C@H]2C(O)[C@@H](CC)O[C@H]2n2cnc3c(=O)[nH]c(NC(=O)C(C)C)nc32)C(C)C(C)C1OC(C)=O.CCC1OC(OCCCCC(=O)CCCOCCOCO[C@H]2C(O)[C@@H](CC)O[C@H]2n2cnc3c(NC(=O)c4ccccc4)ncnc32)C(C)C(C)C1OC(C)=O. The van der Waals surface area contributed by atoms with Crippen LogP contribution in [0.1, 0.15) is 196 Å². The van der Waals surface area contributed by atoms with Crippen LogP contribution >= 0.6 is 0 Å². The first-order valence-corrected chi connectivity index (χ1v) is 38.9. The molecule has 1 aromatic carbocycles. The number of amides is 2. The van der Waals surface area contributed by atoms with E-state index in [0.29, 0.717) is 108 Å². The number of nitrogens with one attached hydrogen (secondary N) is 3. The number of ketones is 2. The number of fused-ring (bicyclic) bond motifs is 2. The molecule has 0 spiro atoms. The number of hydrogen-bond acceptors (Lipinski definition) is 28. The summed E-state index contributed by atoms with van der Waals surface area (Å²) in [6, 6.07) is 8.79. The number of ether oxygens (including phenoxy) is 14. The van der Waals surface area contributed by atoms with Crippen molar-refractivity contribution < 1.29 is 105 Å². The third-order valence-corrected chi connectivity index (χ3v) is 20.3. The van der Waals surface area contributed by atoms with Crippen molar-refractivity contribution in [3.05, 3.63) is 65.2 Å². The molecule has 5 N–H and O–H groups in total. The number of aromatic nitrogens is 8. The van der Waals surface area contributed by atoms with E-state index < -0.39 is 54.6 Å². The van der Waals surface area contributed by atoms with Gasteiger partial charge in [-0.2, -0.15) is 4.98 Å². The number of aromatic amines is 1. The van der Waals surface area contributed by atoms with Gasteiger partial charge in [-0.1, -0.05) is 87.4 Å². The van der Waals surface area contributed by atoms with Crippen LogP contribution in [0, 0.1) is 29.6 Å². The molecule has 5 aromatic rings. The molecule has 4 saturated heterocycles. The number of anilines is 2. The molecule has 4 aliphatic heterocycles. The third kappa shape index (κ3) is 24.9.